The van der Waals surface area contributed by atoms with E-state index in [2.05, 4.69) is 210 Å². The first-order valence-corrected chi connectivity index (χ1v) is 16.7. The summed E-state index contributed by atoms with van der Waals surface area (Å²) in [4.78, 5) is 0. The van der Waals surface area contributed by atoms with Crippen molar-refractivity contribution in [2.24, 2.45) is 0 Å². The van der Waals surface area contributed by atoms with Crippen LogP contribution < -0.4 is 0 Å². The van der Waals surface area contributed by atoms with Gasteiger partial charge in [-0.05, 0) is 223 Å². The molecule has 0 aliphatic heterocycles. The van der Waals surface area contributed by atoms with Gasteiger partial charge in [0.25, 0.3) is 0 Å². The minimum absolute atomic E-state index is 0.807. The van der Waals surface area contributed by atoms with Crippen LogP contribution >= 0.6 is 31.9 Å². The topological polar surface area (TPSA) is 0 Å². The van der Waals surface area contributed by atoms with E-state index in [4.69, 9.17) is 25.7 Å². The van der Waals surface area contributed by atoms with Crippen molar-refractivity contribution in [1.82, 2.24) is 0 Å². The molecule has 0 bridgehead atoms. The summed E-state index contributed by atoms with van der Waals surface area (Å²) in [7, 11) is 0. The fourth-order valence-corrected chi connectivity index (χ4v) is 6.42. The van der Waals surface area contributed by atoms with Gasteiger partial charge in [-0.1, -0.05) is 67.7 Å². The van der Waals surface area contributed by atoms with Gasteiger partial charge in [-0.25, -0.2) is 0 Å². The van der Waals surface area contributed by atoms with Gasteiger partial charge in [-0.15, -0.1) is 25.7 Å². The van der Waals surface area contributed by atoms with Gasteiger partial charge in [0, 0.05) is 8.95 Å². The highest BCUT2D eigenvalue weighted by atomic mass is 79.9. The SMILES string of the molecule is C#CC#CC#CC#CC1(C#CC#CC#CC#C)c2cc(Br)ccc2-c2cc3c(cc21)-c1ccc(Br)cc1C3(C#CC#CC#CC#C)C#CC#CC#CC#C. The Morgan fingerprint density at radius 2 is 0.574 bits per heavy atom. The van der Waals surface area contributed by atoms with E-state index in [9.17, 15) is 0 Å². The highest BCUT2D eigenvalue weighted by Crippen LogP contribution is 2.56. The van der Waals surface area contributed by atoms with Crippen LogP contribution in [0, 0.1) is 191 Å². The summed E-state index contributed by atoms with van der Waals surface area (Å²) in [5.41, 5.74) is 4.37. The molecule has 0 saturated carbocycles. The summed E-state index contributed by atoms with van der Waals surface area (Å²) < 4.78 is 1.65. The van der Waals surface area contributed by atoms with Crippen molar-refractivity contribution >= 4 is 31.9 Å². The Labute approximate surface area is 334 Å². The average molecular weight is 796 g/mol. The lowest BCUT2D eigenvalue weighted by Crippen LogP contribution is -2.23. The van der Waals surface area contributed by atoms with Crippen LogP contribution in [0.15, 0.2) is 57.5 Å². The fraction of sp³-hybridized carbons (Fsp3) is 0.0385. The highest BCUT2D eigenvalue weighted by molar-refractivity contribution is 9.10. The van der Waals surface area contributed by atoms with E-state index in [0.717, 1.165) is 53.5 Å². The number of hydrogen-bond acceptors (Lipinski definition) is 0. The number of halogens is 2. The first-order valence-electron chi connectivity index (χ1n) is 15.2. The molecule has 0 spiro atoms. The summed E-state index contributed by atoms with van der Waals surface area (Å²) in [6.07, 6.45) is 21.0. The molecule has 2 aliphatic carbocycles. The minimum Gasteiger partial charge on any atom is -0.106 e. The Morgan fingerprint density at radius 3 is 0.870 bits per heavy atom. The van der Waals surface area contributed by atoms with Crippen LogP contribution in [0.5, 0.6) is 0 Å². The van der Waals surface area contributed by atoms with Gasteiger partial charge in [0.05, 0.1) is 0 Å². The molecular formula is C52H12Br2. The van der Waals surface area contributed by atoms with Gasteiger partial charge in [-0.2, -0.15) is 0 Å². The average Bonchev–Trinajstić information content (AvgIpc) is 3.58. The van der Waals surface area contributed by atoms with E-state index < -0.39 is 10.8 Å². The first-order chi connectivity index (χ1) is 26.5. The number of hydrogen-bond donors (Lipinski definition) is 0. The van der Waals surface area contributed by atoms with Crippen molar-refractivity contribution in [3.8, 4) is 214 Å². The lowest BCUT2D eigenvalue weighted by Gasteiger charge is -2.22. The van der Waals surface area contributed by atoms with Gasteiger partial charge in [-0.3, -0.25) is 0 Å². The maximum Gasteiger partial charge on any atom is 0.145 e. The Bertz CT molecular complexity index is 2830. The second-order valence-corrected chi connectivity index (χ2v) is 12.2. The monoisotopic (exact) mass is 794 g/mol. The summed E-state index contributed by atoms with van der Waals surface area (Å²) in [5, 5.41) is 0. The Balaban J connectivity index is 1.92. The van der Waals surface area contributed by atoms with Crippen molar-refractivity contribution in [1.29, 1.82) is 0 Å². The van der Waals surface area contributed by atoms with Crippen LogP contribution in [0.2, 0.25) is 0 Å². The van der Waals surface area contributed by atoms with Crippen LogP contribution in [-0.2, 0) is 10.8 Å². The van der Waals surface area contributed by atoms with Gasteiger partial charge >= 0.3 is 0 Å². The lowest BCUT2D eigenvalue weighted by molar-refractivity contribution is 0.903. The zero-order valence-corrected chi connectivity index (χ0v) is 30.9. The van der Waals surface area contributed by atoms with Crippen molar-refractivity contribution in [3.63, 3.8) is 0 Å². The third-order valence-electron chi connectivity index (χ3n) is 7.61. The van der Waals surface area contributed by atoms with Gasteiger partial charge in [0.1, 0.15) is 10.8 Å². The molecule has 0 saturated heterocycles. The molecule has 0 heterocycles. The first kappa shape index (κ1) is 36.9. The molecule has 0 unspecified atom stereocenters. The number of terminal acetylenes is 4. The predicted octanol–water partition coefficient (Wildman–Crippen LogP) is 6.32. The molecule has 234 valence electrons. The Kier molecular flexibility index (Phi) is 11.9. The molecule has 0 aromatic heterocycles. The van der Waals surface area contributed by atoms with Crippen LogP contribution in [0.1, 0.15) is 22.3 Å². The van der Waals surface area contributed by atoms with Crippen molar-refractivity contribution < 1.29 is 0 Å². The molecule has 0 radical (unpaired) electrons. The van der Waals surface area contributed by atoms with Crippen LogP contribution in [-0.4, -0.2) is 0 Å². The number of fused-ring (bicyclic) bond motifs is 6. The molecule has 2 heteroatoms. The fourth-order valence-electron chi connectivity index (χ4n) is 5.70. The van der Waals surface area contributed by atoms with E-state index in [-0.39, 0.29) is 0 Å². The molecule has 54 heavy (non-hydrogen) atoms. The molecule has 0 amide bonds. The molecule has 0 N–H and O–H groups in total. The Hall–Kier alpha value is -8.42. The van der Waals surface area contributed by atoms with E-state index in [1.165, 1.54) is 0 Å². The normalized spacial score (nSPS) is 10.3. The molecule has 2 aliphatic rings. The maximum atomic E-state index is 5.25. The van der Waals surface area contributed by atoms with Crippen LogP contribution in [0.4, 0.5) is 0 Å². The van der Waals surface area contributed by atoms with E-state index in [0.29, 0.717) is 0 Å². The predicted molar refractivity (Wildman–Crippen MR) is 223 cm³/mol. The van der Waals surface area contributed by atoms with E-state index in [1.807, 2.05) is 36.4 Å². The van der Waals surface area contributed by atoms with Gasteiger partial charge < -0.3 is 0 Å². The quantitative estimate of drug-likeness (QED) is 0.234. The van der Waals surface area contributed by atoms with Crippen LogP contribution in [0.3, 0.4) is 0 Å². The second-order valence-electron chi connectivity index (χ2n) is 10.4. The third kappa shape index (κ3) is 7.66. The maximum absolute atomic E-state index is 5.25. The molecule has 0 fully saturated rings. The molecular weight excluding hydrogens is 784 g/mol. The minimum atomic E-state index is -1.19. The molecule has 0 nitrogen and oxygen atoms in total. The van der Waals surface area contributed by atoms with Crippen molar-refractivity contribution in [3.05, 3.63) is 79.7 Å². The molecule has 3 aromatic rings. The highest BCUT2D eigenvalue weighted by Gasteiger charge is 2.47. The van der Waals surface area contributed by atoms with E-state index in [1.54, 1.807) is 0 Å². The summed E-state index contributed by atoms with van der Waals surface area (Å²) in [5.74, 6) is 76.3. The van der Waals surface area contributed by atoms with Gasteiger partial charge in [0.2, 0.25) is 0 Å². The van der Waals surface area contributed by atoms with Gasteiger partial charge in [0.15, 0.2) is 0 Å². The molecule has 3 aromatic carbocycles. The third-order valence-corrected chi connectivity index (χ3v) is 8.59. The lowest BCUT2D eigenvalue weighted by atomic mass is 9.76. The molecule has 0 atom stereocenters. The Morgan fingerprint density at radius 1 is 0.315 bits per heavy atom. The summed E-state index contributed by atoms with van der Waals surface area (Å²) in [6.45, 7) is 0. The smallest absolute Gasteiger partial charge is 0.106 e. The second kappa shape index (κ2) is 17.5. The zero-order chi connectivity index (χ0) is 38.2. The standard InChI is InChI=1S/C52H12Br2/c1-5-9-13-17-21-25-33-51(34-26-22-18-14-10-6-2)47-37-41(53)29-31-43(47)45-40-50-46(39-49(45)51)44-32-30-42(54)38-48(44)52(50,35-27-23-19-15-11-7-3)36-28-24-20-16-12-8-4/h1-4,29-32,37-40H. The largest absolute Gasteiger partial charge is 0.145 e. The van der Waals surface area contributed by atoms with Crippen molar-refractivity contribution in [2.75, 3.05) is 0 Å². The number of rotatable bonds is 0. The summed E-state index contributed by atoms with van der Waals surface area (Å²) in [6, 6.07) is 16.0. The number of benzene rings is 3. The van der Waals surface area contributed by atoms with Crippen LogP contribution in [0.25, 0.3) is 22.3 Å². The van der Waals surface area contributed by atoms with E-state index >= 15 is 0 Å². The zero-order valence-electron chi connectivity index (χ0n) is 27.7. The molecule has 5 rings (SSSR count). The van der Waals surface area contributed by atoms with Crippen molar-refractivity contribution in [2.45, 2.75) is 10.8 Å². The summed E-state index contributed by atoms with van der Waals surface area (Å²) >= 11 is 7.30.